The summed E-state index contributed by atoms with van der Waals surface area (Å²) in [6.45, 7) is 2.09. The molecule has 1 radical (unpaired) electrons. The fourth-order valence-electron chi connectivity index (χ4n) is 3.49. The average molecular weight is 512 g/mol. The van der Waals surface area contributed by atoms with E-state index in [2.05, 4.69) is 67.6 Å². The molecule has 1 aromatic heterocycles. The molecule has 2 nitrogen and oxygen atoms in total. The quantitative estimate of drug-likeness (QED) is 0.213. The van der Waals surface area contributed by atoms with Crippen molar-refractivity contribution in [3.63, 3.8) is 0 Å². The van der Waals surface area contributed by atoms with E-state index in [1.165, 1.54) is 16.3 Å². The van der Waals surface area contributed by atoms with Crippen molar-refractivity contribution in [2.24, 2.45) is 0 Å². The van der Waals surface area contributed by atoms with Crippen LogP contribution in [0.2, 0.25) is 0 Å². The SMILES string of the molecule is Cc1cccc(-c2cnc3c4[c-]cccc4c4ccccc4c3n2)c1.[Ir]. The molecular formula is C23H15IrN2-. The zero-order valence-electron chi connectivity index (χ0n) is 14.2. The van der Waals surface area contributed by atoms with Crippen LogP contribution in [0, 0.1) is 13.0 Å². The molecule has 0 N–H and O–H groups in total. The molecule has 5 rings (SSSR count). The average Bonchev–Trinajstić information content (AvgIpc) is 2.68. The van der Waals surface area contributed by atoms with E-state index < -0.39 is 0 Å². The predicted octanol–water partition coefficient (Wildman–Crippen LogP) is 5.71. The Morgan fingerprint density at radius 3 is 2.46 bits per heavy atom. The Balaban J connectivity index is 0.00000168. The van der Waals surface area contributed by atoms with Gasteiger partial charge in [0.1, 0.15) is 0 Å². The van der Waals surface area contributed by atoms with Crippen LogP contribution >= 0.6 is 0 Å². The van der Waals surface area contributed by atoms with Crippen LogP contribution in [-0.4, -0.2) is 9.97 Å². The number of benzene rings is 4. The van der Waals surface area contributed by atoms with Crippen LogP contribution in [0.4, 0.5) is 0 Å². The standard InChI is InChI=1S/C23H15N2.Ir/c1-15-7-6-8-16(13-15)21-14-24-22-19-11-4-2-9-17(19)18-10-3-5-12-20(18)23(22)25-21;/h2-10,12-14H,1H3;/q-1;. The number of nitrogens with zero attached hydrogens (tertiary/aromatic N) is 2. The van der Waals surface area contributed by atoms with E-state index in [9.17, 15) is 0 Å². The minimum Gasteiger partial charge on any atom is -0.300 e. The topological polar surface area (TPSA) is 25.8 Å². The molecule has 3 heteroatoms. The summed E-state index contributed by atoms with van der Waals surface area (Å²) in [4.78, 5) is 9.75. The summed E-state index contributed by atoms with van der Waals surface area (Å²) in [5.41, 5.74) is 5.05. The molecule has 0 spiro atoms. The number of aryl methyl sites for hydroxylation is 1. The summed E-state index contributed by atoms with van der Waals surface area (Å²) in [7, 11) is 0. The van der Waals surface area contributed by atoms with Crippen molar-refractivity contribution in [2.45, 2.75) is 6.92 Å². The van der Waals surface area contributed by atoms with Crippen molar-refractivity contribution in [1.29, 1.82) is 0 Å². The molecule has 127 valence electrons. The van der Waals surface area contributed by atoms with Gasteiger partial charge in [0.15, 0.2) is 0 Å². The van der Waals surface area contributed by atoms with Gasteiger partial charge in [0.25, 0.3) is 0 Å². The van der Waals surface area contributed by atoms with Crippen LogP contribution in [-0.2, 0) is 20.1 Å². The number of hydrogen-bond acceptors (Lipinski definition) is 2. The first-order valence-corrected chi connectivity index (χ1v) is 8.36. The monoisotopic (exact) mass is 512 g/mol. The summed E-state index contributed by atoms with van der Waals surface area (Å²) < 4.78 is 0. The molecule has 0 bridgehead atoms. The van der Waals surface area contributed by atoms with E-state index in [1.807, 2.05) is 18.3 Å². The van der Waals surface area contributed by atoms with Crippen molar-refractivity contribution in [3.8, 4) is 11.3 Å². The third kappa shape index (κ3) is 2.61. The van der Waals surface area contributed by atoms with E-state index in [-0.39, 0.29) is 20.1 Å². The van der Waals surface area contributed by atoms with Gasteiger partial charge in [0.2, 0.25) is 0 Å². The van der Waals surface area contributed by atoms with Crippen molar-refractivity contribution in [2.75, 3.05) is 0 Å². The van der Waals surface area contributed by atoms with Crippen molar-refractivity contribution >= 4 is 32.6 Å². The molecule has 0 amide bonds. The smallest absolute Gasteiger partial charge is 0.0873 e. The van der Waals surface area contributed by atoms with E-state index in [1.54, 1.807) is 0 Å². The fraction of sp³-hybridized carbons (Fsp3) is 0.0435. The molecule has 0 atom stereocenters. The first-order chi connectivity index (χ1) is 12.3. The van der Waals surface area contributed by atoms with E-state index >= 15 is 0 Å². The Kier molecular flexibility index (Phi) is 4.28. The van der Waals surface area contributed by atoms with E-state index in [4.69, 9.17) is 9.97 Å². The number of hydrogen-bond donors (Lipinski definition) is 0. The van der Waals surface area contributed by atoms with Gasteiger partial charge in [0.05, 0.1) is 11.2 Å². The molecule has 0 aliphatic rings. The molecule has 0 aliphatic carbocycles. The van der Waals surface area contributed by atoms with Crippen LogP contribution in [0.15, 0.2) is 72.9 Å². The second-order valence-corrected chi connectivity index (χ2v) is 6.33. The first kappa shape index (κ1) is 16.8. The molecule has 26 heavy (non-hydrogen) atoms. The molecular weight excluding hydrogens is 496 g/mol. The summed E-state index contributed by atoms with van der Waals surface area (Å²) in [5.74, 6) is 0. The molecule has 0 saturated carbocycles. The number of fused-ring (bicyclic) bond motifs is 6. The molecule has 1 heterocycles. The van der Waals surface area contributed by atoms with Gasteiger partial charge in [-0.3, -0.25) is 4.98 Å². The zero-order chi connectivity index (χ0) is 16.8. The minimum absolute atomic E-state index is 0. The molecule has 0 unspecified atom stereocenters. The first-order valence-electron chi connectivity index (χ1n) is 8.36. The van der Waals surface area contributed by atoms with Gasteiger partial charge in [-0.05, 0) is 18.4 Å². The largest absolute Gasteiger partial charge is 0.300 e. The van der Waals surface area contributed by atoms with Crippen LogP contribution < -0.4 is 0 Å². The third-order valence-electron chi connectivity index (χ3n) is 4.65. The number of aromatic nitrogens is 2. The van der Waals surface area contributed by atoms with Gasteiger partial charge in [-0.25, -0.2) is 0 Å². The van der Waals surface area contributed by atoms with Crippen LogP contribution in [0.25, 0.3) is 43.8 Å². The normalized spacial score (nSPS) is 11.0. The van der Waals surface area contributed by atoms with Crippen molar-refractivity contribution in [1.82, 2.24) is 9.97 Å². The van der Waals surface area contributed by atoms with Gasteiger partial charge in [-0.2, -0.15) is 0 Å². The molecule has 0 aliphatic heterocycles. The number of rotatable bonds is 1. The zero-order valence-corrected chi connectivity index (χ0v) is 16.6. The second kappa shape index (κ2) is 6.60. The molecule has 0 fully saturated rings. The Labute approximate surface area is 165 Å². The van der Waals surface area contributed by atoms with Gasteiger partial charge in [-0.1, -0.05) is 58.8 Å². The van der Waals surface area contributed by atoms with Gasteiger partial charge < -0.3 is 4.98 Å². The summed E-state index contributed by atoms with van der Waals surface area (Å²) in [6, 6.07) is 26.2. The maximum atomic E-state index is 4.98. The molecule has 5 aromatic rings. The van der Waals surface area contributed by atoms with Gasteiger partial charge in [-0.15, -0.1) is 29.7 Å². The van der Waals surface area contributed by atoms with Crippen LogP contribution in [0.5, 0.6) is 0 Å². The van der Waals surface area contributed by atoms with E-state index in [0.717, 1.165) is 33.1 Å². The Hall–Kier alpha value is -2.61. The second-order valence-electron chi connectivity index (χ2n) is 6.33. The summed E-state index contributed by atoms with van der Waals surface area (Å²) in [6.07, 6.45) is 1.87. The van der Waals surface area contributed by atoms with E-state index in [0.29, 0.717) is 0 Å². The van der Waals surface area contributed by atoms with Crippen molar-refractivity contribution in [3.05, 3.63) is 84.6 Å². The maximum Gasteiger partial charge on any atom is 0.0873 e. The van der Waals surface area contributed by atoms with Crippen LogP contribution in [0.1, 0.15) is 5.56 Å². The van der Waals surface area contributed by atoms with Crippen LogP contribution in [0.3, 0.4) is 0 Å². The molecule has 4 aromatic carbocycles. The van der Waals surface area contributed by atoms with Gasteiger partial charge in [0, 0.05) is 37.4 Å². The molecule has 0 saturated heterocycles. The summed E-state index contributed by atoms with van der Waals surface area (Å²) >= 11 is 0. The van der Waals surface area contributed by atoms with Crippen molar-refractivity contribution < 1.29 is 20.1 Å². The Morgan fingerprint density at radius 1 is 0.808 bits per heavy atom. The third-order valence-corrected chi connectivity index (χ3v) is 4.65. The maximum absolute atomic E-state index is 4.98. The Bertz CT molecular complexity index is 1230. The van der Waals surface area contributed by atoms with Gasteiger partial charge >= 0.3 is 0 Å². The summed E-state index contributed by atoms with van der Waals surface area (Å²) in [5, 5.41) is 4.52. The Morgan fingerprint density at radius 2 is 1.62 bits per heavy atom. The predicted molar refractivity (Wildman–Crippen MR) is 104 cm³/mol. The fourth-order valence-corrected chi connectivity index (χ4v) is 3.49. The minimum atomic E-state index is 0.